The van der Waals surface area contributed by atoms with Crippen molar-refractivity contribution in [2.45, 2.75) is 51.8 Å². The van der Waals surface area contributed by atoms with Gasteiger partial charge in [-0.3, -0.25) is 9.36 Å². The average Bonchev–Trinajstić information content (AvgIpc) is 3.27. The Bertz CT molecular complexity index is 1300. The highest BCUT2D eigenvalue weighted by Gasteiger charge is 2.22. The van der Waals surface area contributed by atoms with E-state index in [-0.39, 0.29) is 17.8 Å². The van der Waals surface area contributed by atoms with Crippen molar-refractivity contribution in [1.29, 1.82) is 0 Å². The predicted octanol–water partition coefficient (Wildman–Crippen LogP) is 6.88. The van der Waals surface area contributed by atoms with Crippen LogP contribution >= 0.6 is 11.8 Å². The molecule has 4 rings (SSSR count). The van der Waals surface area contributed by atoms with Gasteiger partial charge in [0, 0.05) is 11.4 Å². The molecular weight excluding hydrogens is 468 g/mol. The Labute approximate surface area is 217 Å². The fourth-order valence-corrected chi connectivity index (χ4v) is 4.78. The largest absolute Gasteiger partial charge is 0.483 e. The Morgan fingerprint density at radius 3 is 2.25 bits per heavy atom. The standard InChI is InChI=1S/C29H32N4O2S/c1-19(2)23-11-13-26(14-12-23)35-22(5)28-31-32-29(33(28)25-9-7-6-8-10-25)36-18-27(34)30-24-16-20(3)15-21(4)17-24/h6-17,19,22H,18H2,1-5H3,(H,30,34). The summed E-state index contributed by atoms with van der Waals surface area (Å²) in [7, 11) is 0. The number of benzene rings is 3. The van der Waals surface area contributed by atoms with Crippen LogP contribution in [0.15, 0.2) is 78.0 Å². The summed E-state index contributed by atoms with van der Waals surface area (Å²) in [4.78, 5) is 12.7. The average molecular weight is 501 g/mol. The van der Waals surface area contributed by atoms with Crippen LogP contribution in [0.25, 0.3) is 5.69 Å². The number of aromatic nitrogens is 3. The molecule has 4 aromatic rings. The van der Waals surface area contributed by atoms with Crippen LogP contribution in [-0.2, 0) is 4.79 Å². The van der Waals surface area contributed by atoms with E-state index in [9.17, 15) is 4.79 Å². The molecule has 36 heavy (non-hydrogen) atoms. The van der Waals surface area contributed by atoms with Crippen molar-refractivity contribution < 1.29 is 9.53 Å². The Hall–Kier alpha value is -3.58. The zero-order valence-electron chi connectivity index (χ0n) is 21.4. The molecule has 0 saturated carbocycles. The molecule has 0 radical (unpaired) electrons. The molecule has 0 saturated heterocycles. The van der Waals surface area contributed by atoms with Gasteiger partial charge in [0.15, 0.2) is 17.1 Å². The zero-order valence-corrected chi connectivity index (χ0v) is 22.2. The number of hydrogen-bond acceptors (Lipinski definition) is 5. The predicted molar refractivity (Wildman–Crippen MR) is 146 cm³/mol. The molecule has 0 fully saturated rings. The molecule has 0 bridgehead atoms. The summed E-state index contributed by atoms with van der Waals surface area (Å²) in [5, 5.41) is 12.5. The summed E-state index contributed by atoms with van der Waals surface area (Å²) in [6.45, 7) is 10.3. The number of ether oxygens (including phenoxy) is 1. The highest BCUT2D eigenvalue weighted by atomic mass is 32.2. The van der Waals surface area contributed by atoms with Crippen LogP contribution in [0.2, 0.25) is 0 Å². The van der Waals surface area contributed by atoms with Crippen molar-refractivity contribution in [1.82, 2.24) is 14.8 Å². The third-order valence-corrected chi connectivity index (χ3v) is 6.66. The Morgan fingerprint density at radius 2 is 1.61 bits per heavy atom. The van der Waals surface area contributed by atoms with Crippen molar-refractivity contribution in [2.24, 2.45) is 0 Å². The van der Waals surface area contributed by atoms with Gasteiger partial charge in [-0.05, 0) is 79.8 Å². The third-order valence-electron chi connectivity index (χ3n) is 5.73. The summed E-state index contributed by atoms with van der Waals surface area (Å²) in [6, 6.07) is 24.1. The van der Waals surface area contributed by atoms with Crippen LogP contribution in [0.4, 0.5) is 5.69 Å². The van der Waals surface area contributed by atoms with Gasteiger partial charge in [-0.1, -0.05) is 62.0 Å². The minimum atomic E-state index is -0.346. The van der Waals surface area contributed by atoms with Gasteiger partial charge in [0.25, 0.3) is 0 Å². The van der Waals surface area contributed by atoms with E-state index in [2.05, 4.69) is 47.6 Å². The van der Waals surface area contributed by atoms with E-state index in [1.165, 1.54) is 17.3 Å². The highest BCUT2D eigenvalue weighted by Crippen LogP contribution is 2.29. The number of amides is 1. The Morgan fingerprint density at radius 1 is 0.944 bits per heavy atom. The zero-order chi connectivity index (χ0) is 25.7. The van der Waals surface area contributed by atoms with Crippen molar-refractivity contribution in [3.05, 3.63) is 95.3 Å². The molecule has 0 spiro atoms. The SMILES string of the molecule is Cc1cc(C)cc(NC(=O)CSc2nnc(C(C)Oc3ccc(C(C)C)cc3)n2-c2ccccc2)c1. The van der Waals surface area contributed by atoms with E-state index in [4.69, 9.17) is 4.74 Å². The molecule has 0 aliphatic rings. The smallest absolute Gasteiger partial charge is 0.234 e. The van der Waals surface area contributed by atoms with Gasteiger partial charge < -0.3 is 10.1 Å². The number of hydrogen-bond donors (Lipinski definition) is 1. The van der Waals surface area contributed by atoms with E-state index in [1.807, 2.05) is 79.9 Å². The molecule has 7 heteroatoms. The summed E-state index contributed by atoms with van der Waals surface area (Å²) in [6.07, 6.45) is -0.346. The van der Waals surface area contributed by atoms with Crippen LogP contribution in [0, 0.1) is 13.8 Å². The van der Waals surface area contributed by atoms with E-state index in [1.54, 1.807) is 0 Å². The first-order valence-electron chi connectivity index (χ1n) is 12.1. The van der Waals surface area contributed by atoms with Crippen molar-refractivity contribution in [3.8, 4) is 11.4 Å². The van der Waals surface area contributed by atoms with Gasteiger partial charge >= 0.3 is 0 Å². The number of carbonyl (C=O) groups is 1. The van der Waals surface area contributed by atoms with Gasteiger partial charge in [0.1, 0.15) is 5.75 Å². The first kappa shape index (κ1) is 25.5. The van der Waals surface area contributed by atoms with Crippen LogP contribution in [0.5, 0.6) is 5.75 Å². The number of rotatable bonds is 9. The van der Waals surface area contributed by atoms with Crippen LogP contribution in [0.1, 0.15) is 55.3 Å². The molecule has 1 unspecified atom stereocenters. The summed E-state index contributed by atoms with van der Waals surface area (Å²) < 4.78 is 8.19. The minimum Gasteiger partial charge on any atom is -0.483 e. The van der Waals surface area contributed by atoms with Crippen LogP contribution in [-0.4, -0.2) is 26.4 Å². The van der Waals surface area contributed by atoms with E-state index in [0.717, 1.165) is 28.3 Å². The van der Waals surface area contributed by atoms with Gasteiger partial charge in [0.2, 0.25) is 5.91 Å². The molecule has 0 aliphatic heterocycles. The van der Waals surface area contributed by atoms with Gasteiger partial charge in [-0.15, -0.1) is 10.2 Å². The molecule has 1 amide bonds. The fourth-order valence-electron chi connectivity index (χ4n) is 4.02. The quantitative estimate of drug-likeness (QED) is 0.254. The van der Waals surface area contributed by atoms with Crippen LogP contribution < -0.4 is 10.1 Å². The molecule has 1 heterocycles. The second kappa shape index (κ2) is 11.4. The second-order valence-electron chi connectivity index (χ2n) is 9.21. The minimum absolute atomic E-state index is 0.0938. The molecule has 1 N–H and O–H groups in total. The van der Waals surface area contributed by atoms with Crippen molar-refractivity contribution in [3.63, 3.8) is 0 Å². The maximum absolute atomic E-state index is 12.7. The van der Waals surface area contributed by atoms with Gasteiger partial charge in [0.05, 0.1) is 5.75 Å². The maximum Gasteiger partial charge on any atom is 0.234 e. The van der Waals surface area contributed by atoms with E-state index < -0.39 is 0 Å². The number of anilines is 1. The normalized spacial score (nSPS) is 11.9. The second-order valence-corrected chi connectivity index (χ2v) is 10.2. The van der Waals surface area contributed by atoms with Crippen molar-refractivity contribution in [2.75, 3.05) is 11.1 Å². The lowest BCUT2D eigenvalue weighted by Gasteiger charge is -2.17. The lowest BCUT2D eigenvalue weighted by Crippen LogP contribution is -2.15. The highest BCUT2D eigenvalue weighted by molar-refractivity contribution is 7.99. The first-order chi connectivity index (χ1) is 17.3. The number of thioether (sulfide) groups is 1. The lowest BCUT2D eigenvalue weighted by molar-refractivity contribution is -0.113. The molecule has 1 atom stereocenters. The number of nitrogens with one attached hydrogen (secondary N) is 1. The number of nitrogens with zero attached hydrogens (tertiary/aromatic N) is 3. The molecule has 0 aliphatic carbocycles. The molecule has 186 valence electrons. The maximum atomic E-state index is 12.7. The summed E-state index contributed by atoms with van der Waals surface area (Å²) in [5.74, 6) is 2.03. The molecule has 3 aromatic carbocycles. The molecule has 6 nitrogen and oxygen atoms in total. The van der Waals surface area contributed by atoms with Gasteiger partial charge in [-0.25, -0.2) is 0 Å². The Kier molecular flexibility index (Phi) is 8.10. The monoisotopic (exact) mass is 500 g/mol. The third kappa shape index (κ3) is 6.34. The number of carbonyl (C=O) groups excluding carboxylic acids is 1. The fraction of sp³-hybridized carbons (Fsp3) is 0.276. The number of para-hydroxylation sites is 1. The van der Waals surface area contributed by atoms with E-state index >= 15 is 0 Å². The summed E-state index contributed by atoms with van der Waals surface area (Å²) in [5.41, 5.74) is 5.20. The van der Waals surface area contributed by atoms with Crippen molar-refractivity contribution >= 4 is 23.4 Å². The van der Waals surface area contributed by atoms with Gasteiger partial charge in [-0.2, -0.15) is 0 Å². The first-order valence-corrected chi connectivity index (χ1v) is 13.1. The lowest BCUT2D eigenvalue weighted by atomic mass is 10.0. The molecule has 1 aromatic heterocycles. The topological polar surface area (TPSA) is 69.0 Å². The molecular formula is C29H32N4O2S. The van der Waals surface area contributed by atoms with Crippen LogP contribution in [0.3, 0.4) is 0 Å². The Balaban J connectivity index is 1.52. The number of aryl methyl sites for hydroxylation is 2. The summed E-state index contributed by atoms with van der Waals surface area (Å²) >= 11 is 1.35. The van der Waals surface area contributed by atoms with E-state index in [0.29, 0.717) is 16.9 Å².